The maximum Gasteiger partial charge on any atom is 0.270 e. The molecule has 1 aromatic carbocycles. The smallest absolute Gasteiger partial charge is 0.270 e. The summed E-state index contributed by atoms with van der Waals surface area (Å²) in [6, 6.07) is 4.37. The molecule has 1 fully saturated rings. The second kappa shape index (κ2) is 4.53. The van der Waals surface area contributed by atoms with Gasteiger partial charge in [-0.3, -0.25) is 14.9 Å². The van der Waals surface area contributed by atoms with Gasteiger partial charge < -0.3 is 10.6 Å². The molecule has 1 aliphatic carbocycles. The minimum atomic E-state index is -0.503. The first-order valence-corrected chi connectivity index (χ1v) is 6.12. The number of nitro groups is 1. The number of amides is 1. The number of carbonyl (C=O) groups is 1. The van der Waals surface area contributed by atoms with Gasteiger partial charge in [-0.2, -0.15) is 0 Å². The van der Waals surface area contributed by atoms with E-state index in [9.17, 15) is 14.9 Å². The zero-order chi connectivity index (χ0) is 14.2. The Bertz CT molecular complexity index is 540. The number of rotatable bonds is 4. The lowest BCUT2D eigenvalue weighted by atomic mass is 10.1. The van der Waals surface area contributed by atoms with Crippen molar-refractivity contribution in [1.29, 1.82) is 0 Å². The van der Waals surface area contributed by atoms with Crippen molar-refractivity contribution >= 4 is 17.3 Å². The molecule has 1 saturated carbocycles. The predicted octanol–water partition coefficient (Wildman–Crippen LogP) is 2.16. The molecule has 102 valence electrons. The molecule has 2 N–H and O–H groups in total. The van der Waals surface area contributed by atoms with Crippen LogP contribution in [0.5, 0.6) is 0 Å². The Balaban J connectivity index is 2.24. The molecule has 2 rings (SSSR count). The average molecular weight is 263 g/mol. The van der Waals surface area contributed by atoms with Crippen molar-refractivity contribution in [2.24, 2.45) is 5.41 Å². The first-order chi connectivity index (χ1) is 8.85. The fraction of sp³-hybridized carbons (Fsp3) is 0.462. The first-order valence-electron chi connectivity index (χ1n) is 6.12. The van der Waals surface area contributed by atoms with Gasteiger partial charge in [-0.25, -0.2) is 0 Å². The number of nitro benzene ring substituents is 1. The molecule has 0 heterocycles. The summed E-state index contributed by atoms with van der Waals surface area (Å²) in [6.07, 6.45) is 0.933. The monoisotopic (exact) mass is 263 g/mol. The van der Waals surface area contributed by atoms with Gasteiger partial charge in [0.25, 0.3) is 11.6 Å². The van der Waals surface area contributed by atoms with Gasteiger partial charge in [0.1, 0.15) is 0 Å². The molecule has 1 aliphatic rings. The molecular weight excluding hydrogens is 246 g/mol. The lowest BCUT2D eigenvalue weighted by molar-refractivity contribution is -0.384. The van der Waals surface area contributed by atoms with Gasteiger partial charge in [0, 0.05) is 30.9 Å². The van der Waals surface area contributed by atoms with E-state index in [1.807, 2.05) is 0 Å². The molecule has 1 amide bonds. The summed E-state index contributed by atoms with van der Waals surface area (Å²) in [5, 5.41) is 16.5. The highest BCUT2D eigenvalue weighted by molar-refractivity contribution is 6.00. The molecular formula is C13H17N3O3. The molecule has 0 spiro atoms. The number of benzene rings is 1. The van der Waals surface area contributed by atoms with E-state index in [0.717, 1.165) is 6.42 Å². The molecule has 0 aliphatic heterocycles. The minimum absolute atomic E-state index is 0.0841. The van der Waals surface area contributed by atoms with Gasteiger partial charge >= 0.3 is 0 Å². The average Bonchev–Trinajstić information content (AvgIpc) is 2.95. The number of nitrogens with one attached hydrogen (secondary N) is 2. The van der Waals surface area contributed by atoms with Crippen LogP contribution >= 0.6 is 0 Å². The van der Waals surface area contributed by atoms with Crippen LogP contribution in [0.2, 0.25) is 0 Å². The number of nitrogens with zero attached hydrogens (tertiary/aromatic N) is 1. The second-order valence-corrected chi connectivity index (χ2v) is 5.46. The van der Waals surface area contributed by atoms with Crippen molar-refractivity contribution in [3.05, 3.63) is 33.9 Å². The Labute approximate surface area is 111 Å². The van der Waals surface area contributed by atoms with E-state index in [0.29, 0.717) is 11.3 Å². The van der Waals surface area contributed by atoms with Crippen LogP contribution < -0.4 is 10.6 Å². The van der Waals surface area contributed by atoms with Crippen LogP contribution in [0.4, 0.5) is 11.4 Å². The molecule has 0 bridgehead atoms. The van der Waals surface area contributed by atoms with Crippen molar-refractivity contribution in [2.75, 3.05) is 12.4 Å². The standard InChI is InChI=1S/C13H17N3O3/c1-13(2)7-11(13)15-12(17)9-6-8(16(18)19)4-5-10(9)14-3/h4-6,11,14H,7H2,1-3H3,(H,15,17). The summed E-state index contributed by atoms with van der Waals surface area (Å²) in [5.41, 5.74) is 0.927. The predicted molar refractivity (Wildman–Crippen MR) is 72.3 cm³/mol. The Morgan fingerprint density at radius 2 is 2.11 bits per heavy atom. The molecule has 1 atom stereocenters. The zero-order valence-corrected chi connectivity index (χ0v) is 11.2. The molecule has 0 saturated heterocycles. The van der Waals surface area contributed by atoms with Crippen molar-refractivity contribution in [2.45, 2.75) is 26.3 Å². The second-order valence-electron chi connectivity index (χ2n) is 5.46. The van der Waals surface area contributed by atoms with Crippen LogP contribution in [-0.2, 0) is 0 Å². The van der Waals surface area contributed by atoms with Crippen molar-refractivity contribution in [3.63, 3.8) is 0 Å². The van der Waals surface area contributed by atoms with Crippen LogP contribution in [0.3, 0.4) is 0 Å². The summed E-state index contributed by atoms with van der Waals surface area (Å²) >= 11 is 0. The normalized spacial score (nSPS) is 19.6. The van der Waals surface area contributed by atoms with Crippen molar-refractivity contribution in [1.82, 2.24) is 5.32 Å². The molecule has 6 heteroatoms. The van der Waals surface area contributed by atoms with E-state index in [4.69, 9.17) is 0 Å². The van der Waals surface area contributed by atoms with Crippen LogP contribution in [0, 0.1) is 15.5 Å². The number of hydrogen-bond acceptors (Lipinski definition) is 4. The number of carbonyl (C=O) groups excluding carboxylic acids is 1. The summed E-state index contributed by atoms with van der Waals surface area (Å²) in [6.45, 7) is 4.15. The van der Waals surface area contributed by atoms with Gasteiger partial charge in [-0.15, -0.1) is 0 Å². The Kier molecular flexibility index (Phi) is 3.18. The molecule has 19 heavy (non-hydrogen) atoms. The highest BCUT2D eigenvalue weighted by atomic mass is 16.6. The largest absolute Gasteiger partial charge is 0.387 e. The Morgan fingerprint density at radius 3 is 2.58 bits per heavy atom. The van der Waals surface area contributed by atoms with E-state index < -0.39 is 4.92 Å². The SMILES string of the molecule is CNc1ccc([N+](=O)[O-])cc1C(=O)NC1CC1(C)C. The van der Waals surface area contributed by atoms with E-state index in [-0.39, 0.29) is 23.1 Å². The summed E-state index contributed by atoms with van der Waals surface area (Å²) in [5.74, 6) is -0.274. The quantitative estimate of drug-likeness (QED) is 0.644. The van der Waals surface area contributed by atoms with Crippen LogP contribution in [0.25, 0.3) is 0 Å². The lowest BCUT2D eigenvalue weighted by Crippen LogP contribution is -2.29. The lowest BCUT2D eigenvalue weighted by Gasteiger charge is -2.10. The summed E-state index contributed by atoms with van der Waals surface area (Å²) in [4.78, 5) is 22.4. The molecule has 0 radical (unpaired) electrons. The number of non-ortho nitro benzene ring substituents is 1. The van der Waals surface area contributed by atoms with Gasteiger partial charge in [0.15, 0.2) is 0 Å². The summed E-state index contributed by atoms with van der Waals surface area (Å²) < 4.78 is 0. The molecule has 6 nitrogen and oxygen atoms in total. The summed E-state index contributed by atoms with van der Waals surface area (Å²) in [7, 11) is 1.68. The first kappa shape index (κ1) is 13.3. The van der Waals surface area contributed by atoms with Gasteiger partial charge in [-0.1, -0.05) is 13.8 Å². The fourth-order valence-corrected chi connectivity index (χ4v) is 2.00. The Hall–Kier alpha value is -2.11. The van der Waals surface area contributed by atoms with Crippen molar-refractivity contribution < 1.29 is 9.72 Å². The van der Waals surface area contributed by atoms with Crippen LogP contribution in [0.1, 0.15) is 30.6 Å². The van der Waals surface area contributed by atoms with Gasteiger partial charge in [-0.05, 0) is 17.9 Å². The van der Waals surface area contributed by atoms with E-state index in [2.05, 4.69) is 24.5 Å². The highest BCUT2D eigenvalue weighted by Gasteiger charge is 2.46. The molecule has 1 unspecified atom stereocenters. The fourth-order valence-electron chi connectivity index (χ4n) is 2.00. The van der Waals surface area contributed by atoms with Crippen molar-refractivity contribution in [3.8, 4) is 0 Å². The molecule has 1 aromatic rings. The third-order valence-electron chi connectivity index (χ3n) is 3.55. The Morgan fingerprint density at radius 1 is 1.47 bits per heavy atom. The number of anilines is 1. The van der Waals surface area contributed by atoms with E-state index in [1.54, 1.807) is 13.1 Å². The zero-order valence-electron chi connectivity index (χ0n) is 11.2. The van der Waals surface area contributed by atoms with Gasteiger partial charge in [0.2, 0.25) is 0 Å². The van der Waals surface area contributed by atoms with E-state index >= 15 is 0 Å². The maximum absolute atomic E-state index is 12.2. The number of hydrogen-bond donors (Lipinski definition) is 2. The van der Waals surface area contributed by atoms with Gasteiger partial charge in [0.05, 0.1) is 10.5 Å². The van der Waals surface area contributed by atoms with Crippen LogP contribution in [0.15, 0.2) is 18.2 Å². The van der Waals surface area contributed by atoms with E-state index in [1.165, 1.54) is 12.1 Å². The topological polar surface area (TPSA) is 84.3 Å². The maximum atomic E-state index is 12.2. The minimum Gasteiger partial charge on any atom is -0.387 e. The third kappa shape index (κ3) is 2.67. The third-order valence-corrected chi connectivity index (χ3v) is 3.55. The molecule has 0 aromatic heterocycles. The van der Waals surface area contributed by atoms with Crippen LogP contribution in [-0.4, -0.2) is 23.9 Å². The highest BCUT2D eigenvalue weighted by Crippen LogP contribution is 2.44.